The van der Waals surface area contributed by atoms with Crippen LogP contribution in [0, 0.1) is 0 Å². The molecule has 90 valence electrons. The summed E-state index contributed by atoms with van der Waals surface area (Å²) in [7, 11) is 0. The first kappa shape index (κ1) is 13.0. The summed E-state index contributed by atoms with van der Waals surface area (Å²) in [6.45, 7) is 7.13. The third-order valence-corrected chi connectivity index (χ3v) is 2.60. The quantitative estimate of drug-likeness (QED) is 0.801. The predicted molar refractivity (Wildman–Crippen MR) is 68.8 cm³/mol. The average molecular weight is 221 g/mol. The standard InChI is InChI=1S/C14H23NO/c1-4-10-14(2,3)16-13-7-5-12(6-8-13)9-11-15/h5-8H,4,9-11,15H2,1-3H3. The third kappa shape index (κ3) is 4.23. The van der Waals surface area contributed by atoms with Gasteiger partial charge < -0.3 is 10.5 Å². The van der Waals surface area contributed by atoms with E-state index in [1.165, 1.54) is 5.56 Å². The van der Waals surface area contributed by atoms with Crippen molar-refractivity contribution in [2.45, 2.75) is 45.6 Å². The zero-order chi connectivity index (χ0) is 12.0. The van der Waals surface area contributed by atoms with Crippen LogP contribution in [0.4, 0.5) is 0 Å². The molecule has 0 atom stereocenters. The second-order valence-electron chi connectivity index (χ2n) is 4.79. The van der Waals surface area contributed by atoms with Crippen LogP contribution in [0.25, 0.3) is 0 Å². The molecule has 16 heavy (non-hydrogen) atoms. The Hall–Kier alpha value is -1.02. The summed E-state index contributed by atoms with van der Waals surface area (Å²) >= 11 is 0. The highest BCUT2D eigenvalue weighted by molar-refractivity contribution is 5.28. The Morgan fingerprint density at radius 2 is 1.81 bits per heavy atom. The summed E-state index contributed by atoms with van der Waals surface area (Å²) in [6.07, 6.45) is 3.13. The maximum absolute atomic E-state index is 5.94. The lowest BCUT2D eigenvalue weighted by molar-refractivity contribution is 0.0986. The molecule has 2 heteroatoms. The van der Waals surface area contributed by atoms with Crippen LogP contribution in [-0.2, 0) is 6.42 Å². The van der Waals surface area contributed by atoms with E-state index in [2.05, 4.69) is 32.9 Å². The van der Waals surface area contributed by atoms with Crippen molar-refractivity contribution in [3.05, 3.63) is 29.8 Å². The topological polar surface area (TPSA) is 35.2 Å². The van der Waals surface area contributed by atoms with Crippen LogP contribution in [0.1, 0.15) is 39.2 Å². The van der Waals surface area contributed by atoms with E-state index in [0.29, 0.717) is 6.54 Å². The highest BCUT2D eigenvalue weighted by atomic mass is 16.5. The number of ether oxygens (including phenoxy) is 1. The summed E-state index contributed by atoms with van der Waals surface area (Å²) in [4.78, 5) is 0. The Kier molecular flexibility index (Phi) is 4.81. The van der Waals surface area contributed by atoms with E-state index >= 15 is 0 Å². The van der Waals surface area contributed by atoms with Crippen LogP contribution in [0.3, 0.4) is 0 Å². The first-order valence-electron chi connectivity index (χ1n) is 6.05. The van der Waals surface area contributed by atoms with Crippen molar-refractivity contribution in [1.29, 1.82) is 0 Å². The van der Waals surface area contributed by atoms with Crippen LogP contribution in [0.2, 0.25) is 0 Å². The van der Waals surface area contributed by atoms with Crippen LogP contribution < -0.4 is 10.5 Å². The van der Waals surface area contributed by atoms with Gasteiger partial charge in [-0.3, -0.25) is 0 Å². The van der Waals surface area contributed by atoms with Crippen LogP contribution in [0.15, 0.2) is 24.3 Å². The van der Waals surface area contributed by atoms with Crippen LogP contribution >= 0.6 is 0 Å². The minimum atomic E-state index is -0.0792. The number of rotatable bonds is 6. The molecule has 0 radical (unpaired) electrons. The van der Waals surface area contributed by atoms with Crippen molar-refractivity contribution in [1.82, 2.24) is 0 Å². The van der Waals surface area contributed by atoms with E-state index in [4.69, 9.17) is 10.5 Å². The Morgan fingerprint density at radius 3 is 2.31 bits per heavy atom. The van der Waals surface area contributed by atoms with Gasteiger partial charge in [0, 0.05) is 0 Å². The third-order valence-electron chi connectivity index (χ3n) is 2.60. The minimum absolute atomic E-state index is 0.0792. The Labute approximate surface area is 98.8 Å². The molecule has 0 saturated heterocycles. The van der Waals surface area contributed by atoms with Crippen molar-refractivity contribution >= 4 is 0 Å². The monoisotopic (exact) mass is 221 g/mol. The summed E-state index contributed by atoms with van der Waals surface area (Å²) in [5.41, 5.74) is 6.70. The summed E-state index contributed by atoms with van der Waals surface area (Å²) in [5.74, 6) is 0.944. The van der Waals surface area contributed by atoms with Gasteiger partial charge in [-0.15, -0.1) is 0 Å². The van der Waals surface area contributed by atoms with E-state index in [1.54, 1.807) is 0 Å². The summed E-state index contributed by atoms with van der Waals surface area (Å²) < 4.78 is 5.94. The molecule has 0 bridgehead atoms. The summed E-state index contributed by atoms with van der Waals surface area (Å²) in [5, 5.41) is 0. The van der Waals surface area contributed by atoms with E-state index < -0.39 is 0 Å². The fraction of sp³-hybridized carbons (Fsp3) is 0.571. The average Bonchev–Trinajstić information content (AvgIpc) is 2.21. The fourth-order valence-electron chi connectivity index (χ4n) is 1.86. The number of hydrogen-bond donors (Lipinski definition) is 1. The Morgan fingerprint density at radius 1 is 1.19 bits per heavy atom. The van der Waals surface area contributed by atoms with Crippen molar-refractivity contribution in [3.63, 3.8) is 0 Å². The molecule has 0 fully saturated rings. The lowest BCUT2D eigenvalue weighted by Gasteiger charge is -2.26. The molecule has 0 spiro atoms. The molecule has 0 saturated carbocycles. The highest BCUT2D eigenvalue weighted by Crippen LogP contribution is 2.22. The van der Waals surface area contributed by atoms with Gasteiger partial charge in [0.15, 0.2) is 0 Å². The number of hydrogen-bond acceptors (Lipinski definition) is 2. The lowest BCUT2D eigenvalue weighted by atomic mass is 10.0. The lowest BCUT2D eigenvalue weighted by Crippen LogP contribution is -2.27. The van der Waals surface area contributed by atoms with Gasteiger partial charge in [-0.05, 0) is 50.9 Å². The SMILES string of the molecule is CCCC(C)(C)Oc1ccc(CCN)cc1. The molecule has 0 heterocycles. The molecule has 0 aliphatic rings. The molecule has 0 aliphatic carbocycles. The smallest absolute Gasteiger partial charge is 0.120 e. The molecule has 0 unspecified atom stereocenters. The summed E-state index contributed by atoms with van der Waals surface area (Å²) in [6, 6.07) is 8.24. The van der Waals surface area contributed by atoms with Gasteiger partial charge in [-0.2, -0.15) is 0 Å². The van der Waals surface area contributed by atoms with E-state index in [1.807, 2.05) is 12.1 Å². The number of benzene rings is 1. The van der Waals surface area contributed by atoms with Crippen LogP contribution in [-0.4, -0.2) is 12.1 Å². The van der Waals surface area contributed by atoms with Crippen molar-refractivity contribution < 1.29 is 4.74 Å². The minimum Gasteiger partial charge on any atom is -0.488 e. The van der Waals surface area contributed by atoms with Crippen molar-refractivity contribution in [2.24, 2.45) is 5.73 Å². The van der Waals surface area contributed by atoms with Gasteiger partial charge in [-0.25, -0.2) is 0 Å². The predicted octanol–water partition coefficient (Wildman–Crippen LogP) is 3.15. The van der Waals surface area contributed by atoms with E-state index in [-0.39, 0.29) is 5.60 Å². The molecular weight excluding hydrogens is 198 g/mol. The zero-order valence-corrected chi connectivity index (χ0v) is 10.6. The zero-order valence-electron chi connectivity index (χ0n) is 10.6. The van der Waals surface area contributed by atoms with E-state index in [9.17, 15) is 0 Å². The molecule has 1 aromatic carbocycles. The van der Waals surface area contributed by atoms with Gasteiger partial charge >= 0.3 is 0 Å². The molecule has 1 aromatic rings. The molecule has 0 amide bonds. The first-order valence-corrected chi connectivity index (χ1v) is 6.05. The fourth-order valence-corrected chi connectivity index (χ4v) is 1.86. The maximum atomic E-state index is 5.94. The molecule has 2 nitrogen and oxygen atoms in total. The first-order chi connectivity index (χ1) is 7.57. The number of nitrogens with two attached hydrogens (primary N) is 1. The van der Waals surface area contributed by atoms with Crippen molar-refractivity contribution in [2.75, 3.05) is 6.54 Å². The molecule has 1 rings (SSSR count). The highest BCUT2D eigenvalue weighted by Gasteiger charge is 2.17. The van der Waals surface area contributed by atoms with Gasteiger partial charge in [-0.1, -0.05) is 25.5 Å². The van der Waals surface area contributed by atoms with Crippen LogP contribution in [0.5, 0.6) is 5.75 Å². The molecule has 2 N–H and O–H groups in total. The van der Waals surface area contributed by atoms with Gasteiger partial charge in [0.05, 0.1) is 0 Å². The Bertz CT molecular complexity index is 303. The molecule has 0 aliphatic heterocycles. The largest absolute Gasteiger partial charge is 0.488 e. The second kappa shape index (κ2) is 5.90. The van der Waals surface area contributed by atoms with Gasteiger partial charge in [0.2, 0.25) is 0 Å². The normalized spacial score (nSPS) is 11.5. The van der Waals surface area contributed by atoms with E-state index in [0.717, 1.165) is 25.0 Å². The maximum Gasteiger partial charge on any atom is 0.120 e. The molecular formula is C14H23NO. The molecule has 0 aromatic heterocycles. The Balaban J connectivity index is 2.61. The van der Waals surface area contributed by atoms with Crippen molar-refractivity contribution in [3.8, 4) is 5.75 Å². The second-order valence-corrected chi connectivity index (χ2v) is 4.79. The van der Waals surface area contributed by atoms with Gasteiger partial charge in [0.25, 0.3) is 0 Å². The van der Waals surface area contributed by atoms with Gasteiger partial charge in [0.1, 0.15) is 11.4 Å².